The molecule has 2 aromatic rings. The maximum atomic E-state index is 3.99. The Bertz CT molecular complexity index is 411. The Morgan fingerprint density at radius 1 is 1.06 bits per heavy atom. The average molecular weight is 212 g/mol. The Kier molecular flexibility index (Phi) is 3.54. The van der Waals surface area contributed by atoms with E-state index in [0.29, 0.717) is 5.92 Å². The fraction of sp³-hybridized carbons (Fsp3) is 0.214. The van der Waals surface area contributed by atoms with Crippen LogP contribution in [0.3, 0.4) is 0 Å². The van der Waals surface area contributed by atoms with Crippen LogP contribution in [0.15, 0.2) is 54.9 Å². The lowest BCUT2D eigenvalue weighted by molar-refractivity contribution is 0.805. The van der Waals surface area contributed by atoms with Gasteiger partial charge in [0.1, 0.15) is 0 Å². The van der Waals surface area contributed by atoms with Crippen molar-refractivity contribution < 1.29 is 0 Å². The van der Waals surface area contributed by atoms with E-state index in [1.54, 1.807) is 12.4 Å². The second-order valence-electron chi connectivity index (χ2n) is 3.93. The third-order valence-corrected chi connectivity index (χ3v) is 2.66. The highest BCUT2D eigenvalue weighted by molar-refractivity contribution is 5.41. The smallest absolute Gasteiger partial charge is 0.0371 e. The normalized spacial score (nSPS) is 12.1. The first-order valence-electron chi connectivity index (χ1n) is 5.55. The number of hydrogen-bond acceptors (Lipinski definition) is 2. The van der Waals surface area contributed by atoms with E-state index in [2.05, 4.69) is 41.5 Å². The molecule has 0 saturated heterocycles. The quantitative estimate of drug-likeness (QED) is 0.841. The zero-order valence-electron chi connectivity index (χ0n) is 9.43. The summed E-state index contributed by atoms with van der Waals surface area (Å²) in [7, 11) is 0. The van der Waals surface area contributed by atoms with Crippen LogP contribution in [0.2, 0.25) is 0 Å². The van der Waals surface area contributed by atoms with Gasteiger partial charge in [-0.05, 0) is 23.6 Å². The van der Waals surface area contributed by atoms with Crippen LogP contribution < -0.4 is 5.32 Å². The summed E-state index contributed by atoms with van der Waals surface area (Å²) in [6.45, 7) is 3.16. The number of benzene rings is 1. The molecule has 0 aliphatic heterocycles. The molecule has 0 spiro atoms. The number of nitrogens with one attached hydrogen (secondary N) is 1. The van der Waals surface area contributed by atoms with E-state index < -0.39 is 0 Å². The first-order valence-corrected chi connectivity index (χ1v) is 5.55. The van der Waals surface area contributed by atoms with Crippen LogP contribution >= 0.6 is 0 Å². The van der Waals surface area contributed by atoms with Crippen LogP contribution in [0, 0.1) is 0 Å². The Morgan fingerprint density at radius 3 is 2.44 bits per heavy atom. The number of anilines is 1. The van der Waals surface area contributed by atoms with Crippen molar-refractivity contribution in [3.05, 3.63) is 60.4 Å². The third kappa shape index (κ3) is 2.83. The molecule has 82 valence electrons. The van der Waals surface area contributed by atoms with Crippen LogP contribution in [0.5, 0.6) is 0 Å². The van der Waals surface area contributed by atoms with Gasteiger partial charge in [-0.25, -0.2) is 0 Å². The summed E-state index contributed by atoms with van der Waals surface area (Å²) in [6.07, 6.45) is 3.60. The van der Waals surface area contributed by atoms with Crippen LogP contribution in [0.4, 0.5) is 5.69 Å². The lowest BCUT2D eigenvalue weighted by Gasteiger charge is -2.13. The zero-order chi connectivity index (χ0) is 11.2. The highest BCUT2D eigenvalue weighted by Crippen LogP contribution is 2.15. The summed E-state index contributed by atoms with van der Waals surface area (Å²) in [5, 5.41) is 3.40. The molecule has 0 amide bonds. The molecule has 2 rings (SSSR count). The highest BCUT2D eigenvalue weighted by atomic mass is 14.9. The Labute approximate surface area is 96.4 Å². The lowest BCUT2D eigenvalue weighted by atomic mass is 10.0. The van der Waals surface area contributed by atoms with Crippen molar-refractivity contribution in [2.24, 2.45) is 0 Å². The summed E-state index contributed by atoms with van der Waals surface area (Å²) >= 11 is 0. The van der Waals surface area contributed by atoms with Gasteiger partial charge in [-0.2, -0.15) is 0 Å². The largest absolute Gasteiger partial charge is 0.384 e. The minimum atomic E-state index is 0.509. The molecule has 1 heterocycles. The summed E-state index contributed by atoms with van der Waals surface area (Å²) < 4.78 is 0. The average Bonchev–Trinajstić information content (AvgIpc) is 2.38. The minimum absolute atomic E-state index is 0.509. The SMILES string of the molecule is CC(CNc1ccncc1)c1ccccc1. The van der Waals surface area contributed by atoms with E-state index in [-0.39, 0.29) is 0 Å². The van der Waals surface area contributed by atoms with Gasteiger partial charge in [0.2, 0.25) is 0 Å². The van der Waals surface area contributed by atoms with Crippen molar-refractivity contribution in [2.75, 3.05) is 11.9 Å². The molecule has 1 aromatic heterocycles. The molecule has 2 heteroatoms. The van der Waals surface area contributed by atoms with Gasteiger partial charge in [0.05, 0.1) is 0 Å². The fourth-order valence-corrected chi connectivity index (χ4v) is 1.64. The molecular formula is C14H16N2. The zero-order valence-corrected chi connectivity index (χ0v) is 9.43. The van der Waals surface area contributed by atoms with Gasteiger partial charge in [0.15, 0.2) is 0 Å². The van der Waals surface area contributed by atoms with Crippen molar-refractivity contribution >= 4 is 5.69 Å². The van der Waals surface area contributed by atoms with E-state index >= 15 is 0 Å². The molecule has 0 saturated carbocycles. The van der Waals surface area contributed by atoms with Crippen molar-refractivity contribution in [3.63, 3.8) is 0 Å². The predicted octanol–water partition coefficient (Wildman–Crippen LogP) is 3.30. The van der Waals surface area contributed by atoms with Crippen LogP contribution in [-0.4, -0.2) is 11.5 Å². The maximum Gasteiger partial charge on any atom is 0.0371 e. The van der Waals surface area contributed by atoms with Gasteiger partial charge >= 0.3 is 0 Å². The van der Waals surface area contributed by atoms with Crippen molar-refractivity contribution in [1.82, 2.24) is 4.98 Å². The second-order valence-corrected chi connectivity index (χ2v) is 3.93. The van der Waals surface area contributed by atoms with E-state index in [1.165, 1.54) is 5.56 Å². The van der Waals surface area contributed by atoms with E-state index in [1.807, 2.05) is 18.2 Å². The van der Waals surface area contributed by atoms with E-state index in [0.717, 1.165) is 12.2 Å². The van der Waals surface area contributed by atoms with Crippen LogP contribution in [0.25, 0.3) is 0 Å². The molecule has 1 aromatic carbocycles. The van der Waals surface area contributed by atoms with Gasteiger partial charge in [-0.15, -0.1) is 0 Å². The van der Waals surface area contributed by atoms with Gasteiger partial charge in [0.25, 0.3) is 0 Å². The van der Waals surface area contributed by atoms with Gasteiger partial charge in [-0.3, -0.25) is 4.98 Å². The minimum Gasteiger partial charge on any atom is -0.384 e. The molecule has 1 unspecified atom stereocenters. The molecule has 0 fully saturated rings. The third-order valence-electron chi connectivity index (χ3n) is 2.66. The Morgan fingerprint density at radius 2 is 1.75 bits per heavy atom. The topological polar surface area (TPSA) is 24.9 Å². The number of nitrogens with zero attached hydrogens (tertiary/aromatic N) is 1. The molecule has 1 atom stereocenters. The van der Waals surface area contributed by atoms with Gasteiger partial charge < -0.3 is 5.32 Å². The molecule has 16 heavy (non-hydrogen) atoms. The number of aromatic nitrogens is 1. The van der Waals surface area contributed by atoms with Crippen LogP contribution in [0.1, 0.15) is 18.4 Å². The predicted molar refractivity (Wildman–Crippen MR) is 67.6 cm³/mol. The molecule has 2 nitrogen and oxygen atoms in total. The van der Waals surface area contributed by atoms with Crippen molar-refractivity contribution in [2.45, 2.75) is 12.8 Å². The summed E-state index contributed by atoms with van der Waals surface area (Å²) in [5.41, 5.74) is 2.49. The second kappa shape index (κ2) is 5.31. The summed E-state index contributed by atoms with van der Waals surface area (Å²) in [6, 6.07) is 14.5. The molecule has 0 radical (unpaired) electrons. The number of rotatable bonds is 4. The Hall–Kier alpha value is -1.83. The molecule has 0 aliphatic rings. The fourth-order valence-electron chi connectivity index (χ4n) is 1.64. The lowest BCUT2D eigenvalue weighted by Crippen LogP contribution is -2.09. The van der Waals surface area contributed by atoms with Crippen molar-refractivity contribution in [3.8, 4) is 0 Å². The molecule has 0 aliphatic carbocycles. The Balaban J connectivity index is 1.92. The number of pyridine rings is 1. The molecular weight excluding hydrogens is 196 g/mol. The van der Waals surface area contributed by atoms with E-state index in [4.69, 9.17) is 0 Å². The maximum absolute atomic E-state index is 3.99. The van der Waals surface area contributed by atoms with Crippen LogP contribution in [-0.2, 0) is 0 Å². The van der Waals surface area contributed by atoms with Gasteiger partial charge in [0, 0.05) is 24.6 Å². The molecule has 1 N–H and O–H groups in total. The molecule has 0 bridgehead atoms. The van der Waals surface area contributed by atoms with Gasteiger partial charge in [-0.1, -0.05) is 37.3 Å². The first kappa shape index (κ1) is 10.7. The van der Waals surface area contributed by atoms with E-state index in [9.17, 15) is 0 Å². The van der Waals surface area contributed by atoms with Crippen molar-refractivity contribution in [1.29, 1.82) is 0 Å². The standard InChI is InChI=1S/C14H16N2/c1-12(13-5-3-2-4-6-13)11-16-14-7-9-15-10-8-14/h2-10,12H,11H2,1H3,(H,15,16). The monoisotopic (exact) mass is 212 g/mol. The number of hydrogen-bond donors (Lipinski definition) is 1. The first-order chi connectivity index (χ1) is 7.86. The summed E-state index contributed by atoms with van der Waals surface area (Å²) in [4.78, 5) is 3.99. The summed E-state index contributed by atoms with van der Waals surface area (Å²) in [5.74, 6) is 0.509. The highest BCUT2D eigenvalue weighted by Gasteiger charge is 2.03.